The SMILES string of the molecule is C[C@@]1(COc2cccc([N+](=O)[O-])c2C#N)CCCN1. The average molecular weight is 261 g/mol. The lowest BCUT2D eigenvalue weighted by atomic mass is 10.0. The molecule has 1 aliphatic heterocycles. The Balaban J connectivity index is 2.19. The molecule has 1 saturated heterocycles. The number of nitrogens with zero attached hydrogens (tertiary/aromatic N) is 2. The molecule has 1 N–H and O–H groups in total. The van der Waals surface area contributed by atoms with Crippen molar-refractivity contribution in [3.63, 3.8) is 0 Å². The summed E-state index contributed by atoms with van der Waals surface area (Å²) >= 11 is 0. The minimum atomic E-state index is -0.569. The highest BCUT2D eigenvalue weighted by atomic mass is 16.6. The van der Waals surface area contributed by atoms with E-state index in [9.17, 15) is 10.1 Å². The number of ether oxygens (including phenoxy) is 1. The van der Waals surface area contributed by atoms with Gasteiger partial charge in [0, 0.05) is 11.6 Å². The molecular weight excluding hydrogens is 246 g/mol. The molecule has 0 bridgehead atoms. The molecule has 1 fully saturated rings. The third-order valence-electron chi connectivity index (χ3n) is 3.32. The lowest BCUT2D eigenvalue weighted by Gasteiger charge is -2.24. The van der Waals surface area contributed by atoms with Crippen molar-refractivity contribution in [3.8, 4) is 11.8 Å². The van der Waals surface area contributed by atoms with Crippen LogP contribution in [0.15, 0.2) is 18.2 Å². The number of hydrogen-bond donors (Lipinski definition) is 1. The summed E-state index contributed by atoms with van der Waals surface area (Å²) in [6.45, 7) is 3.38. The van der Waals surface area contributed by atoms with Crippen LogP contribution in [0.1, 0.15) is 25.3 Å². The summed E-state index contributed by atoms with van der Waals surface area (Å²) in [6, 6.07) is 6.27. The Morgan fingerprint density at radius 3 is 3.00 bits per heavy atom. The van der Waals surface area contributed by atoms with Crippen LogP contribution in [-0.2, 0) is 0 Å². The molecule has 0 amide bonds. The zero-order chi connectivity index (χ0) is 13.9. The highest BCUT2D eigenvalue weighted by Gasteiger charge is 2.29. The maximum absolute atomic E-state index is 10.8. The molecule has 1 atom stereocenters. The van der Waals surface area contributed by atoms with Gasteiger partial charge in [-0.1, -0.05) is 6.07 Å². The van der Waals surface area contributed by atoms with Crippen molar-refractivity contribution >= 4 is 5.69 Å². The van der Waals surface area contributed by atoms with Crippen molar-refractivity contribution in [2.24, 2.45) is 0 Å². The second kappa shape index (κ2) is 5.24. The fraction of sp³-hybridized carbons (Fsp3) is 0.462. The maximum Gasteiger partial charge on any atom is 0.290 e. The third-order valence-corrected chi connectivity index (χ3v) is 3.32. The Bertz CT molecular complexity index is 530. The fourth-order valence-electron chi connectivity index (χ4n) is 2.22. The Labute approximate surface area is 111 Å². The van der Waals surface area contributed by atoms with Crippen molar-refractivity contribution in [2.45, 2.75) is 25.3 Å². The number of nitriles is 1. The molecule has 100 valence electrons. The molecule has 1 aromatic rings. The first-order valence-electron chi connectivity index (χ1n) is 6.11. The quantitative estimate of drug-likeness (QED) is 0.661. The standard InChI is InChI=1S/C13H15N3O3/c1-13(6-3-7-15-13)9-19-12-5-2-4-11(16(17)18)10(12)8-14/h2,4-5,15H,3,6-7,9H2,1H3/t13-/m0/s1. The van der Waals surface area contributed by atoms with Gasteiger partial charge in [0.25, 0.3) is 5.69 Å². The molecule has 0 aliphatic carbocycles. The van der Waals surface area contributed by atoms with E-state index < -0.39 is 4.92 Å². The molecule has 0 saturated carbocycles. The van der Waals surface area contributed by atoms with Gasteiger partial charge in [-0.2, -0.15) is 5.26 Å². The van der Waals surface area contributed by atoms with Crippen LogP contribution in [0, 0.1) is 21.4 Å². The summed E-state index contributed by atoms with van der Waals surface area (Å²) in [5.74, 6) is 0.270. The van der Waals surface area contributed by atoms with Crippen LogP contribution in [-0.4, -0.2) is 23.6 Å². The van der Waals surface area contributed by atoms with Gasteiger partial charge >= 0.3 is 0 Å². The van der Waals surface area contributed by atoms with E-state index in [1.54, 1.807) is 6.07 Å². The molecule has 19 heavy (non-hydrogen) atoms. The van der Waals surface area contributed by atoms with Crippen LogP contribution in [0.25, 0.3) is 0 Å². The molecule has 2 rings (SSSR count). The van der Waals surface area contributed by atoms with Gasteiger partial charge in [-0.25, -0.2) is 0 Å². The zero-order valence-electron chi connectivity index (χ0n) is 10.7. The second-order valence-electron chi connectivity index (χ2n) is 4.90. The largest absolute Gasteiger partial charge is 0.490 e. The predicted octanol–water partition coefficient (Wildman–Crippen LogP) is 1.99. The summed E-state index contributed by atoms with van der Waals surface area (Å²) < 4.78 is 5.62. The second-order valence-corrected chi connectivity index (χ2v) is 4.90. The van der Waals surface area contributed by atoms with Gasteiger partial charge in [-0.05, 0) is 32.4 Å². The van der Waals surface area contributed by atoms with Crippen LogP contribution in [0.2, 0.25) is 0 Å². The summed E-state index contributed by atoms with van der Waals surface area (Å²) in [6.07, 6.45) is 2.07. The zero-order valence-corrected chi connectivity index (χ0v) is 10.7. The number of benzene rings is 1. The van der Waals surface area contributed by atoms with Gasteiger partial charge < -0.3 is 10.1 Å². The summed E-state index contributed by atoms with van der Waals surface area (Å²) in [5, 5.41) is 23.2. The minimum Gasteiger partial charge on any atom is -0.490 e. The topological polar surface area (TPSA) is 88.2 Å². The van der Waals surface area contributed by atoms with Gasteiger partial charge in [0.2, 0.25) is 0 Å². The number of nitro benzene ring substituents is 1. The lowest BCUT2D eigenvalue weighted by Crippen LogP contribution is -2.42. The number of hydrogen-bond acceptors (Lipinski definition) is 5. The molecule has 1 aliphatic rings. The van der Waals surface area contributed by atoms with Crippen molar-refractivity contribution in [2.75, 3.05) is 13.2 Å². The van der Waals surface area contributed by atoms with Crippen LogP contribution in [0.4, 0.5) is 5.69 Å². The molecule has 0 spiro atoms. The van der Waals surface area contributed by atoms with Gasteiger partial charge in [-0.15, -0.1) is 0 Å². The first kappa shape index (κ1) is 13.3. The Kier molecular flexibility index (Phi) is 3.67. The van der Waals surface area contributed by atoms with Gasteiger partial charge in [0.05, 0.1) is 4.92 Å². The van der Waals surface area contributed by atoms with Gasteiger partial charge in [-0.3, -0.25) is 10.1 Å². The maximum atomic E-state index is 10.8. The van der Waals surface area contributed by atoms with E-state index in [0.29, 0.717) is 6.61 Å². The van der Waals surface area contributed by atoms with Gasteiger partial charge in [0.1, 0.15) is 18.4 Å². The fourth-order valence-corrected chi connectivity index (χ4v) is 2.22. The van der Waals surface area contributed by atoms with Gasteiger partial charge in [0.15, 0.2) is 5.56 Å². The monoisotopic (exact) mass is 261 g/mol. The van der Waals surface area contributed by atoms with Crippen LogP contribution < -0.4 is 10.1 Å². The van der Waals surface area contributed by atoms with Crippen molar-refractivity contribution in [3.05, 3.63) is 33.9 Å². The molecule has 6 nitrogen and oxygen atoms in total. The first-order valence-corrected chi connectivity index (χ1v) is 6.11. The van der Waals surface area contributed by atoms with Crippen molar-refractivity contribution < 1.29 is 9.66 Å². The molecule has 0 aromatic heterocycles. The molecular formula is C13H15N3O3. The number of rotatable bonds is 4. The van der Waals surface area contributed by atoms with E-state index in [1.807, 2.05) is 13.0 Å². The normalized spacial score (nSPS) is 21.9. The lowest BCUT2D eigenvalue weighted by molar-refractivity contribution is -0.385. The molecule has 6 heteroatoms. The van der Waals surface area contributed by atoms with E-state index in [0.717, 1.165) is 19.4 Å². The Morgan fingerprint density at radius 2 is 2.42 bits per heavy atom. The summed E-state index contributed by atoms with van der Waals surface area (Å²) in [5.41, 5.74) is -0.365. The molecule has 0 unspecified atom stereocenters. The minimum absolute atomic E-state index is 0.0194. The average Bonchev–Trinajstić information content (AvgIpc) is 2.83. The van der Waals surface area contributed by atoms with E-state index in [1.165, 1.54) is 12.1 Å². The summed E-state index contributed by atoms with van der Waals surface area (Å²) in [4.78, 5) is 10.3. The molecule has 0 radical (unpaired) electrons. The first-order chi connectivity index (χ1) is 9.06. The predicted molar refractivity (Wildman–Crippen MR) is 68.9 cm³/mol. The third kappa shape index (κ3) is 2.83. The Hall–Kier alpha value is -2.13. The van der Waals surface area contributed by atoms with Crippen molar-refractivity contribution in [1.29, 1.82) is 5.26 Å². The highest BCUT2D eigenvalue weighted by Crippen LogP contribution is 2.28. The van der Waals surface area contributed by atoms with E-state index in [4.69, 9.17) is 10.00 Å². The molecule has 1 aromatic carbocycles. The van der Waals surface area contributed by atoms with Crippen LogP contribution in [0.5, 0.6) is 5.75 Å². The molecule has 1 heterocycles. The van der Waals surface area contributed by atoms with Crippen molar-refractivity contribution in [1.82, 2.24) is 5.32 Å². The number of nitrogens with one attached hydrogen (secondary N) is 1. The smallest absolute Gasteiger partial charge is 0.290 e. The van der Waals surface area contributed by atoms with Crippen LogP contribution >= 0.6 is 0 Å². The number of nitro groups is 1. The summed E-state index contributed by atoms with van der Waals surface area (Å²) in [7, 11) is 0. The Morgan fingerprint density at radius 1 is 1.63 bits per heavy atom. The van der Waals surface area contributed by atoms with E-state index in [2.05, 4.69) is 5.32 Å². The highest BCUT2D eigenvalue weighted by molar-refractivity contribution is 5.56. The van der Waals surface area contributed by atoms with E-state index >= 15 is 0 Å². The van der Waals surface area contributed by atoms with E-state index in [-0.39, 0.29) is 22.5 Å². The van der Waals surface area contributed by atoms with Crippen LogP contribution in [0.3, 0.4) is 0 Å².